The second-order valence-electron chi connectivity index (χ2n) is 6.89. The smallest absolute Gasteiger partial charge is 0.228 e. The van der Waals surface area contributed by atoms with Gasteiger partial charge in [0, 0.05) is 31.6 Å². The molecule has 4 heterocycles. The lowest BCUT2D eigenvalue weighted by Crippen LogP contribution is -2.39. The summed E-state index contributed by atoms with van der Waals surface area (Å²) in [6.45, 7) is 4.94. The summed E-state index contributed by atoms with van der Waals surface area (Å²) in [5.41, 5.74) is 2.24. The van der Waals surface area contributed by atoms with Gasteiger partial charge in [0.15, 0.2) is 0 Å². The minimum atomic E-state index is 0.387. The van der Waals surface area contributed by atoms with Crippen LogP contribution in [0.2, 0.25) is 0 Å². The fourth-order valence-corrected chi connectivity index (χ4v) is 3.84. The molecule has 6 nitrogen and oxygen atoms in total. The van der Waals surface area contributed by atoms with Crippen LogP contribution in [-0.4, -0.2) is 45.7 Å². The number of pyridine rings is 1. The third-order valence-electron chi connectivity index (χ3n) is 5.12. The summed E-state index contributed by atoms with van der Waals surface area (Å²) < 4.78 is 5.52. The molecule has 0 aliphatic carbocycles. The molecule has 1 N–H and O–H groups in total. The number of anilines is 2. The number of hydrogen-bond donors (Lipinski definition) is 1. The van der Waals surface area contributed by atoms with Crippen molar-refractivity contribution in [3.63, 3.8) is 0 Å². The lowest BCUT2D eigenvalue weighted by Gasteiger charge is -2.35. The number of aryl methyl sites for hydroxylation is 1. The molecule has 0 bridgehead atoms. The zero-order chi connectivity index (χ0) is 17.1. The Labute approximate surface area is 148 Å². The molecule has 6 heteroatoms. The molecule has 0 aromatic carbocycles. The Balaban J connectivity index is 1.50. The maximum absolute atomic E-state index is 5.52. The highest BCUT2D eigenvalue weighted by atomic mass is 16.5. The highest BCUT2D eigenvalue weighted by molar-refractivity contribution is 5.47. The Morgan fingerprint density at radius 2 is 2.00 bits per heavy atom. The van der Waals surface area contributed by atoms with E-state index in [0.29, 0.717) is 18.0 Å². The van der Waals surface area contributed by atoms with Crippen molar-refractivity contribution in [1.82, 2.24) is 19.9 Å². The van der Waals surface area contributed by atoms with Crippen LogP contribution in [0, 0.1) is 6.92 Å². The summed E-state index contributed by atoms with van der Waals surface area (Å²) >= 11 is 0. The second kappa shape index (κ2) is 7.45. The topological polar surface area (TPSA) is 63.2 Å². The zero-order valence-electron chi connectivity index (χ0n) is 14.7. The number of hydrogen-bond acceptors (Lipinski definition) is 6. The normalized spacial score (nSPS) is 22.2. The predicted molar refractivity (Wildman–Crippen MR) is 96.8 cm³/mol. The molecule has 2 aliphatic rings. The van der Waals surface area contributed by atoms with E-state index >= 15 is 0 Å². The van der Waals surface area contributed by atoms with Crippen LogP contribution in [0.25, 0.3) is 0 Å². The van der Waals surface area contributed by atoms with Gasteiger partial charge in [0.05, 0.1) is 11.7 Å². The van der Waals surface area contributed by atoms with Crippen LogP contribution in [0.5, 0.6) is 0 Å². The SMILES string of the molecule is Cc1ccc(Nc2nccc(C3CCCN3C3CCOCC3)n2)nc1. The van der Waals surface area contributed by atoms with Crippen LogP contribution in [0.1, 0.15) is 43.0 Å². The highest BCUT2D eigenvalue weighted by Crippen LogP contribution is 2.35. The van der Waals surface area contributed by atoms with Crippen molar-refractivity contribution in [2.75, 3.05) is 25.1 Å². The fraction of sp³-hybridized carbons (Fsp3) is 0.526. The number of rotatable bonds is 4. The Morgan fingerprint density at radius 1 is 1.12 bits per heavy atom. The Hall–Kier alpha value is -2.05. The Bertz CT molecular complexity index is 699. The molecular formula is C19H25N5O. The average Bonchev–Trinajstić information content (AvgIpc) is 3.15. The van der Waals surface area contributed by atoms with Crippen LogP contribution in [0.4, 0.5) is 11.8 Å². The highest BCUT2D eigenvalue weighted by Gasteiger charge is 2.33. The molecule has 2 fully saturated rings. The summed E-state index contributed by atoms with van der Waals surface area (Å²) in [6, 6.07) is 7.04. The number of likely N-dealkylation sites (tertiary alicyclic amines) is 1. The fourth-order valence-electron chi connectivity index (χ4n) is 3.84. The van der Waals surface area contributed by atoms with Crippen LogP contribution in [0.15, 0.2) is 30.6 Å². The standard InChI is InChI=1S/C19H25N5O/c1-14-4-5-18(21-13-14)23-19-20-9-6-16(22-19)17-3-2-10-24(17)15-7-11-25-12-8-15/h4-6,9,13,15,17H,2-3,7-8,10-12H2,1H3,(H,20,21,22,23). The summed E-state index contributed by atoms with van der Waals surface area (Å²) in [7, 11) is 0. The second-order valence-corrected chi connectivity index (χ2v) is 6.89. The van der Waals surface area contributed by atoms with E-state index in [-0.39, 0.29) is 0 Å². The van der Waals surface area contributed by atoms with Crippen molar-refractivity contribution >= 4 is 11.8 Å². The van der Waals surface area contributed by atoms with Gasteiger partial charge in [-0.2, -0.15) is 0 Å². The van der Waals surface area contributed by atoms with Crippen molar-refractivity contribution < 1.29 is 4.74 Å². The van der Waals surface area contributed by atoms with Gasteiger partial charge in [-0.3, -0.25) is 4.90 Å². The minimum Gasteiger partial charge on any atom is -0.381 e. The molecule has 0 amide bonds. The van der Waals surface area contributed by atoms with E-state index in [1.807, 2.05) is 31.5 Å². The average molecular weight is 339 g/mol. The van der Waals surface area contributed by atoms with Gasteiger partial charge in [-0.15, -0.1) is 0 Å². The molecule has 0 radical (unpaired) electrons. The molecule has 1 unspecified atom stereocenters. The third kappa shape index (κ3) is 3.80. The van der Waals surface area contributed by atoms with E-state index in [4.69, 9.17) is 9.72 Å². The molecule has 4 rings (SSSR count). The van der Waals surface area contributed by atoms with Crippen molar-refractivity contribution in [1.29, 1.82) is 0 Å². The first-order chi connectivity index (χ1) is 12.3. The zero-order valence-corrected chi connectivity index (χ0v) is 14.7. The molecule has 1 atom stereocenters. The number of nitrogens with zero attached hydrogens (tertiary/aromatic N) is 4. The van der Waals surface area contributed by atoms with E-state index < -0.39 is 0 Å². The van der Waals surface area contributed by atoms with Crippen molar-refractivity contribution in [2.45, 2.75) is 44.7 Å². The lowest BCUT2D eigenvalue weighted by molar-refractivity contribution is 0.0285. The largest absolute Gasteiger partial charge is 0.381 e. The van der Waals surface area contributed by atoms with Crippen LogP contribution in [0.3, 0.4) is 0 Å². The van der Waals surface area contributed by atoms with Gasteiger partial charge in [0.2, 0.25) is 5.95 Å². The van der Waals surface area contributed by atoms with E-state index in [2.05, 4.69) is 26.3 Å². The van der Waals surface area contributed by atoms with Gasteiger partial charge in [0.1, 0.15) is 5.82 Å². The van der Waals surface area contributed by atoms with Crippen LogP contribution >= 0.6 is 0 Å². The first-order valence-electron chi connectivity index (χ1n) is 9.16. The minimum absolute atomic E-state index is 0.387. The summed E-state index contributed by atoms with van der Waals surface area (Å²) in [5, 5.41) is 3.22. The molecule has 2 saturated heterocycles. The molecule has 0 spiro atoms. The Kier molecular flexibility index (Phi) is 4.90. The van der Waals surface area contributed by atoms with Crippen LogP contribution < -0.4 is 5.32 Å². The third-order valence-corrected chi connectivity index (χ3v) is 5.12. The van der Waals surface area contributed by atoms with E-state index in [1.165, 1.54) is 6.42 Å². The van der Waals surface area contributed by atoms with E-state index in [9.17, 15) is 0 Å². The first kappa shape index (κ1) is 16.4. The van der Waals surface area contributed by atoms with Crippen LogP contribution in [-0.2, 0) is 4.74 Å². The summed E-state index contributed by atoms with van der Waals surface area (Å²) in [5.74, 6) is 1.39. The molecule has 0 saturated carbocycles. The molecule has 2 aliphatic heterocycles. The summed E-state index contributed by atoms with van der Waals surface area (Å²) in [6.07, 6.45) is 8.33. The maximum atomic E-state index is 5.52. The van der Waals surface area contributed by atoms with Crippen molar-refractivity contribution in [2.24, 2.45) is 0 Å². The summed E-state index contributed by atoms with van der Waals surface area (Å²) in [4.78, 5) is 16.1. The van der Waals surface area contributed by atoms with Gasteiger partial charge in [-0.25, -0.2) is 15.0 Å². The van der Waals surface area contributed by atoms with Gasteiger partial charge in [-0.1, -0.05) is 6.07 Å². The van der Waals surface area contributed by atoms with Crippen molar-refractivity contribution in [3.8, 4) is 0 Å². The molecule has 2 aromatic heterocycles. The molecule has 25 heavy (non-hydrogen) atoms. The quantitative estimate of drug-likeness (QED) is 0.923. The first-order valence-corrected chi connectivity index (χ1v) is 9.16. The van der Waals surface area contributed by atoms with Gasteiger partial charge in [-0.05, 0) is 56.8 Å². The monoisotopic (exact) mass is 339 g/mol. The lowest BCUT2D eigenvalue weighted by atomic mass is 10.0. The predicted octanol–water partition coefficient (Wildman–Crippen LogP) is 3.24. The number of nitrogens with one attached hydrogen (secondary N) is 1. The Morgan fingerprint density at radius 3 is 2.80 bits per heavy atom. The van der Waals surface area contributed by atoms with E-state index in [1.54, 1.807) is 0 Å². The van der Waals surface area contributed by atoms with Gasteiger partial charge in [0.25, 0.3) is 0 Å². The molecule has 132 valence electrons. The molecule has 2 aromatic rings. The van der Waals surface area contributed by atoms with Crippen molar-refractivity contribution in [3.05, 3.63) is 41.9 Å². The maximum Gasteiger partial charge on any atom is 0.228 e. The van der Waals surface area contributed by atoms with E-state index in [0.717, 1.165) is 56.1 Å². The van der Waals surface area contributed by atoms with Gasteiger partial charge < -0.3 is 10.1 Å². The number of aromatic nitrogens is 3. The molecular weight excluding hydrogens is 314 g/mol. The number of ether oxygens (including phenoxy) is 1. The van der Waals surface area contributed by atoms with Gasteiger partial charge >= 0.3 is 0 Å².